The second-order valence-electron chi connectivity index (χ2n) is 6.82. The quantitative estimate of drug-likeness (QED) is 0.190. The Morgan fingerprint density at radius 3 is 1.58 bits per heavy atom. The van der Waals surface area contributed by atoms with Crippen LogP contribution in [0.2, 0.25) is 0 Å². The van der Waals surface area contributed by atoms with Crippen LogP contribution in [0.15, 0.2) is 0 Å². The van der Waals surface area contributed by atoms with Gasteiger partial charge in [-0.3, -0.25) is 9.59 Å². The molecule has 0 saturated heterocycles. The van der Waals surface area contributed by atoms with Gasteiger partial charge in [0, 0.05) is 6.42 Å². The molecule has 0 aromatic heterocycles. The third-order valence-electron chi connectivity index (χ3n) is 4.28. The number of carbonyl (C=O) groups is 3. The predicted octanol–water partition coefficient (Wildman–Crippen LogP) is 5.14. The van der Waals surface area contributed by atoms with E-state index in [1.165, 1.54) is 38.5 Å². The van der Waals surface area contributed by atoms with Crippen molar-refractivity contribution in [2.24, 2.45) is 0 Å². The van der Waals surface area contributed by atoms with Gasteiger partial charge in [-0.05, 0) is 12.8 Å². The van der Waals surface area contributed by atoms with E-state index in [1.54, 1.807) is 0 Å². The van der Waals surface area contributed by atoms with E-state index < -0.39 is 17.7 Å². The zero-order valence-corrected chi connectivity index (χ0v) is 16.9. The van der Waals surface area contributed by atoms with Crippen LogP contribution < -0.4 is 0 Å². The van der Waals surface area contributed by atoms with Gasteiger partial charge in [0.1, 0.15) is 0 Å². The van der Waals surface area contributed by atoms with E-state index in [0.29, 0.717) is 6.61 Å². The fourth-order valence-corrected chi connectivity index (χ4v) is 2.59. The lowest BCUT2D eigenvalue weighted by Crippen LogP contribution is -2.19. The molecule has 0 heterocycles. The Balaban J connectivity index is 3.54. The topological polar surface area (TPSA) is 69.7 Å². The molecule has 0 radical (unpaired) electrons. The summed E-state index contributed by atoms with van der Waals surface area (Å²) in [5, 5.41) is 0. The number of rotatable bonds is 18. The smallest absolute Gasteiger partial charge is 0.374 e. The minimum absolute atomic E-state index is 0.0548. The molecule has 0 spiro atoms. The van der Waals surface area contributed by atoms with E-state index in [0.717, 1.165) is 38.5 Å². The zero-order valence-electron chi connectivity index (χ0n) is 16.9. The molecule has 26 heavy (non-hydrogen) atoms. The van der Waals surface area contributed by atoms with Crippen molar-refractivity contribution in [3.05, 3.63) is 0 Å². The largest absolute Gasteiger partial charge is 0.466 e. The maximum absolute atomic E-state index is 11.6. The summed E-state index contributed by atoms with van der Waals surface area (Å²) in [6.45, 7) is 5.01. The summed E-state index contributed by atoms with van der Waals surface area (Å²) in [5.41, 5.74) is 0. The van der Waals surface area contributed by atoms with Gasteiger partial charge in [-0.15, -0.1) is 0 Å². The molecule has 5 nitrogen and oxygen atoms in total. The number of hydrogen-bond acceptors (Lipinski definition) is 5. The second kappa shape index (κ2) is 18.4. The minimum atomic E-state index is -0.831. The maximum Gasteiger partial charge on any atom is 0.374 e. The fourth-order valence-electron chi connectivity index (χ4n) is 2.59. The molecule has 0 unspecified atom stereocenters. The Kier molecular flexibility index (Phi) is 17.4. The number of carbonyl (C=O) groups excluding carboxylic acids is 3. The van der Waals surface area contributed by atoms with Crippen LogP contribution in [0, 0.1) is 0 Å². The molecule has 5 heteroatoms. The molecular formula is C21H38O5. The third-order valence-corrected chi connectivity index (χ3v) is 4.28. The molecule has 0 aliphatic carbocycles. The van der Waals surface area contributed by atoms with Crippen LogP contribution in [0.1, 0.15) is 104 Å². The Morgan fingerprint density at radius 2 is 1.04 bits per heavy atom. The number of ether oxygens (including phenoxy) is 2. The SMILES string of the molecule is CCCCCCCCOC(=O)CCC(=O)C(=O)OCCCCCCCC. The van der Waals surface area contributed by atoms with Gasteiger partial charge in [0.15, 0.2) is 0 Å². The Hall–Kier alpha value is -1.39. The summed E-state index contributed by atoms with van der Waals surface area (Å²) in [6, 6.07) is 0. The summed E-state index contributed by atoms with van der Waals surface area (Å²) >= 11 is 0. The first-order valence-electron chi connectivity index (χ1n) is 10.5. The highest BCUT2D eigenvalue weighted by atomic mass is 16.5. The predicted molar refractivity (Wildman–Crippen MR) is 103 cm³/mol. The third kappa shape index (κ3) is 16.1. The van der Waals surface area contributed by atoms with Crippen LogP contribution in [-0.4, -0.2) is 30.9 Å². The molecule has 0 fully saturated rings. The zero-order chi connectivity index (χ0) is 19.5. The molecule has 152 valence electrons. The average Bonchev–Trinajstić information content (AvgIpc) is 2.64. The molecular weight excluding hydrogens is 332 g/mol. The van der Waals surface area contributed by atoms with Crippen LogP contribution in [0.5, 0.6) is 0 Å². The summed E-state index contributed by atoms with van der Waals surface area (Å²) in [6.07, 6.45) is 13.1. The van der Waals surface area contributed by atoms with Gasteiger partial charge in [-0.25, -0.2) is 4.79 Å². The van der Waals surface area contributed by atoms with E-state index in [2.05, 4.69) is 13.8 Å². The van der Waals surface area contributed by atoms with Gasteiger partial charge >= 0.3 is 11.9 Å². The second-order valence-corrected chi connectivity index (χ2v) is 6.82. The fraction of sp³-hybridized carbons (Fsp3) is 0.857. The first-order valence-corrected chi connectivity index (χ1v) is 10.5. The van der Waals surface area contributed by atoms with Gasteiger partial charge in [0.05, 0.1) is 19.6 Å². The standard InChI is InChI=1S/C21H38O5/c1-3-5-7-9-11-13-17-25-20(23)16-15-19(22)21(24)26-18-14-12-10-8-6-4-2/h3-18H2,1-2H3. The van der Waals surface area contributed by atoms with Crippen molar-refractivity contribution in [3.63, 3.8) is 0 Å². The number of Topliss-reactive ketones (excluding diaryl/α,β-unsaturated/α-hetero) is 1. The molecule has 0 bridgehead atoms. The van der Waals surface area contributed by atoms with Gasteiger partial charge < -0.3 is 9.47 Å². The van der Waals surface area contributed by atoms with Crippen LogP contribution in [0.25, 0.3) is 0 Å². The van der Waals surface area contributed by atoms with E-state index >= 15 is 0 Å². The van der Waals surface area contributed by atoms with Crippen LogP contribution >= 0.6 is 0 Å². The molecule has 0 aliphatic heterocycles. The maximum atomic E-state index is 11.6. The van der Waals surface area contributed by atoms with Crippen molar-refractivity contribution in [1.29, 1.82) is 0 Å². The Labute approximate surface area is 159 Å². The summed E-state index contributed by atoms with van der Waals surface area (Å²) in [5.74, 6) is -1.90. The summed E-state index contributed by atoms with van der Waals surface area (Å²) in [7, 11) is 0. The highest BCUT2D eigenvalue weighted by molar-refractivity contribution is 6.33. The van der Waals surface area contributed by atoms with Crippen molar-refractivity contribution >= 4 is 17.7 Å². The van der Waals surface area contributed by atoms with Crippen molar-refractivity contribution in [1.82, 2.24) is 0 Å². The Morgan fingerprint density at radius 1 is 0.577 bits per heavy atom. The molecule has 0 rings (SSSR count). The van der Waals surface area contributed by atoms with E-state index in [1.807, 2.05) is 0 Å². The molecule has 0 N–H and O–H groups in total. The number of hydrogen-bond donors (Lipinski definition) is 0. The highest BCUT2D eigenvalue weighted by Gasteiger charge is 2.17. The first-order chi connectivity index (χ1) is 12.6. The molecule has 0 amide bonds. The van der Waals surface area contributed by atoms with E-state index in [-0.39, 0.29) is 19.4 Å². The van der Waals surface area contributed by atoms with Gasteiger partial charge in [-0.2, -0.15) is 0 Å². The highest BCUT2D eigenvalue weighted by Crippen LogP contribution is 2.07. The Bertz CT molecular complexity index is 379. The van der Waals surface area contributed by atoms with Crippen molar-refractivity contribution in [2.75, 3.05) is 13.2 Å². The van der Waals surface area contributed by atoms with Crippen molar-refractivity contribution < 1.29 is 23.9 Å². The monoisotopic (exact) mass is 370 g/mol. The molecule has 0 aromatic carbocycles. The lowest BCUT2D eigenvalue weighted by Gasteiger charge is -2.05. The van der Waals surface area contributed by atoms with E-state index in [4.69, 9.17) is 9.47 Å². The minimum Gasteiger partial charge on any atom is -0.466 e. The van der Waals surface area contributed by atoms with E-state index in [9.17, 15) is 14.4 Å². The number of esters is 2. The van der Waals surface area contributed by atoms with Gasteiger partial charge in [0.25, 0.3) is 0 Å². The summed E-state index contributed by atoms with van der Waals surface area (Å²) < 4.78 is 10.0. The lowest BCUT2D eigenvalue weighted by atomic mass is 10.1. The van der Waals surface area contributed by atoms with Crippen LogP contribution in [0.3, 0.4) is 0 Å². The molecule has 0 atom stereocenters. The normalized spacial score (nSPS) is 10.5. The number of unbranched alkanes of at least 4 members (excludes halogenated alkanes) is 10. The van der Waals surface area contributed by atoms with Crippen molar-refractivity contribution in [3.8, 4) is 0 Å². The van der Waals surface area contributed by atoms with Crippen LogP contribution in [-0.2, 0) is 23.9 Å². The molecule has 0 saturated carbocycles. The van der Waals surface area contributed by atoms with Gasteiger partial charge in [0.2, 0.25) is 5.78 Å². The van der Waals surface area contributed by atoms with Gasteiger partial charge in [-0.1, -0.05) is 78.1 Å². The van der Waals surface area contributed by atoms with Crippen molar-refractivity contribution in [2.45, 2.75) is 104 Å². The van der Waals surface area contributed by atoms with Crippen LogP contribution in [0.4, 0.5) is 0 Å². The molecule has 0 aliphatic rings. The number of ketones is 1. The summed E-state index contributed by atoms with van der Waals surface area (Å²) in [4.78, 5) is 34.8. The average molecular weight is 371 g/mol. The lowest BCUT2D eigenvalue weighted by molar-refractivity contribution is -0.155. The first kappa shape index (κ1) is 24.6. The molecule has 0 aromatic rings.